The van der Waals surface area contributed by atoms with Crippen LogP contribution in [0.5, 0.6) is 0 Å². The number of aliphatic hydroxyl groups is 2. The SMILES string of the molecule is O=C(O)c1cc(S(=O)(=O)NC(CO)CO)c(Cl)cc1Cl. The van der Waals surface area contributed by atoms with Crippen molar-refractivity contribution in [1.82, 2.24) is 4.72 Å². The highest BCUT2D eigenvalue weighted by Crippen LogP contribution is 2.28. The molecule has 0 amide bonds. The van der Waals surface area contributed by atoms with Gasteiger partial charge >= 0.3 is 5.97 Å². The van der Waals surface area contributed by atoms with Gasteiger partial charge in [0.05, 0.1) is 34.9 Å². The van der Waals surface area contributed by atoms with E-state index in [1.54, 1.807) is 0 Å². The van der Waals surface area contributed by atoms with Gasteiger partial charge in [-0.05, 0) is 12.1 Å². The van der Waals surface area contributed by atoms with Crippen LogP contribution in [-0.4, -0.2) is 49.0 Å². The zero-order valence-corrected chi connectivity index (χ0v) is 12.2. The van der Waals surface area contributed by atoms with Crippen LogP contribution >= 0.6 is 23.2 Å². The number of carboxylic acids is 1. The lowest BCUT2D eigenvalue weighted by atomic mass is 10.2. The van der Waals surface area contributed by atoms with Gasteiger partial charge in [-0.1, -0.05) is 23.2 Å². The van der Waals surface area contributed by atoms with Gasteiger partial charge < -0.3 is 15.3 Å². The molecule has 0 aromatic heterocycles. The van der Waals surface area contributed by atoms with Crippen LogP contribution in [0, 0.1) is 0 Å². The molecule has 0 spiro atoms. The first kappa shape index (κ1) is 17.2. The van der Waals surface area contributed by atoms with Crippen molar-refractivity contribution in [2.75, 3.05) is 13.2 Å². The molecule has 0 radical (unpaired) electrons. The summed E-state index contributed by atoms with van der Waals surface area (Å²) in [5, 5.41) is 26.1. The maximum atomic E-state index is 12.0. The second kappa shape index (κ2) is 6.70. The summed E-state index contributed by atoms with van der Waals surface area (Å²) >= 11 is 11.4. The summed E-state index contributed by atoms with van der Waals surface area (Å²) in [7, 11) is -4.21. The summed E-state index contributed by atoms with van der Waals surface area (Å²) < 4.78 is 26.0. The number of hydrogen-bond acceptors (Lipinski definition) is 5. The van der Waals surface area contributed by atoms with Crippen molar-refractivity contribution >= 4 is 39.2 Å². The van der Waals surface area contributed by atoms with E-state index in [1.807, 2.05) is 4.72 Å². The number of sulfonamides is 1. The summed E-state index contributed by atoms with van der Waals surface area (Å²) in [6, 6.07) is 0.676. The molecular weight excluding hydrogens is 333 g/mol. The van der Waals surface area contributed by atoms with E-state index in [0.29, 0.717) is 0 Å². The minimum absolute atomic E-state index is 0.206. The molecule has 1 aromatic rings. The van der Waals surface area contributed by atoms with E-state index in [-0.39, 0.29) is 10.0 Å². The lowest BCUT2D eigenvalue weighted by Crippen LogP contribution is -2.40. The van der Waals surface area contributed by atoms with E-state index in [2.05, 4.69) is 0 Å². The molecular formula is C10H11Cl2NO6S. The second-order valence-electron chi connectivity index (χ2n) is 3.75. The third kappa shape index (κ3) is 3.81. The van der Waals surface area contributed by atoms with Gasteiger partial charge in [-0.2, -0.15) is 0 Å². The van der Waals surface area contributed by atoms with E-state index in [4.69, 9.17) is 38.5 Å². The second-order valence-corrected chi connectivity index (χ2v) is 6.25. The number of rotatable bonds is 6. The lowest BCUT2D eigenvalue weighted by molar-refractivity contribution is 0.0697. The van der Waals surface area contributed by atoms with Gasteiger partial charge in [0.25, 0.3) is 0 Å². The Morgan fingerprint density at radius 1 is 1.20 bits per heavy atom. The molecule has 20 heavy (non-hydrogen) atoms. The molecule has 0 saturated heterocycles. The molecule has 0 atom stereocenters. The highest BCUT2D eigenvalue weighted by atomic mass is 35.5. The standard InChI is InChI=1S/C10H11Cl2NO6S/c11-7-2-8(12)9(1-6(7)10(16)17)20(18,19)13-5(3-14)4-15/h1-2,5,13-15H,3-4H2,(H,16,17). The highest BCUT2D eigenvalue weighted by Gasteiger charge is 2.24. The van der Waals surface area contributed by atoms with Gasteiger partial charge in [-0.15, -0.1) is 0 Å². The minimum atomic E-state index is -4.21. The number of aromatic carboxylic acids is 1. The Bertz CT molecular complexity index is 614. The summed E-state index contributed by atoms with van der Waals surface area (Å²) in [4.78, 5) is 10.4. The Balaban J connectivity index is 3.31. The Kier molecular flexibility index (Phi) is 5.75. The molecule has 1 aromatic carbocycles. The van der Waals surface area contributed by atoms with E-state index < -0.39 is 45.7 Å². The largest absolute Gasteiger partial charge is 0.478 e. The highest BCUT2D eigenvalue weighted by molar-refractivity contribution is 7.89. The predicted molar refractivity (Wildman–Crippen MR) is 71.7 cm³/mol. The number of nitrogens with one attached hydrogen (secondary N) is 1. The van der Waals surface area contributed by atoms with Crippen molar-refractivity contribution in [2.45, 2.75) is 10.9 Å². The van der Waals surface area contributed by atoms with Crippen LogP contribution in [-0.2, 0) is 10.0 Å². The van der Waals surface area contributed by atoms with Gasteiger partial charge in [0.15, 0.2) is 0 Å². The molecule has 0 saturated carbocycles. The summed E-state index contributed by atoms with van der Waals surface area (Å²) in [5.74, 6) is -1.41. The third-order valence-electron chi connectivity index (χ3n) is 2.30. The number of halogens is 2. The van der Waals surface area contributed by atoms with Gasteiger partial charge in [0, 0.05) is 0 Å². The van der Waals surface area contributed by atoms with Crippen LogP contribution in [0.2, 0.25) is 10.0 Å². The van der Waals surface area contributed by atoms with Crippen LogP contribution in [0.4, 0.5) is 0 Å². The van der Waals surface area contributed by atoms with Crippen molar-refractivity contribution < 1.29 is 28.5 Å². The first-order chi connectivity index (χ1) is 9.22. The van der Waals surface area contributed by atoms with Crippen molar-refractivity contribution in [2.24, 2.45) is 0 Å². The predicted octanol–water partition coefficient (Wildman–Crippen LogP) is 0.323. The van der Waals surface area contributed by atoms with E-state index >= 15 is 0 Å². The molecule has 0 aliphatic heterocycles. The first-order valence-electron chi connectivity index (χ1n) is 5.19. The smallest absolute Gasteiger partial charge is 0.337 e. The van der Waals surface area contributed by atoms with Crippen molar-refractivity contribution in [3.63, 3.8) is 0 Å². The summed E-state index contributed by atoms with van der Waals surface area (Å²) in [6.45, 7) is -1.26. The zero-order valence-electron chi connectivity index (χ0n) is 9.88. The lowest BCUT2D eigenvalue weighted by Gasteiger charge is -2.15. The molecule has 0 fully saturated rings. The number of carbonyl (C=O) groups is 1. The Labute approximate surface area is 124 Å². The van der Waals surface area contributed by atoms with Crippen LogP contribution in [0.1, 0.15) is 10.4 Å². The molecule has 112 valence electrons. The van der Waals surface area contributed by atoms with Crippen molar-refractivity contribution in [1.29, 1.82) is 0 Å². The maximum absolute atomic E-state index is 12.0. The molecule has 0 aliphatic carbocycles. The number of aliphatic hydroxyl groups excluding tert-OH is 2. The quantitative estimate of drug-likeness (QED) is 0.589. The molecule has 10 heteroatoms. The topological polar surface area (TPSA) is 124 Å². The van der Waals surface area contributed by atoms with Crippen LogP contribution in [0.3, 0.4) is 0 Å². The van der Waals surface area contributed by atoms with Crippen molar-refractivity contribution in [3.8, 4) is 0 Å². The van der Waals surface area contributed by atoms with E-state index in [9.17, 15) is 13.2 Å². The van der Waals surface area contributed by atoms with Crippen molar-refractivity contribution in [3.05, 3.63) is 27.7 Å². The first-order valence-corrected chi connectivity index (χ1v) is 7.43. The summed E-state index contributed by atoms with van der Waals surface area (Å²) in [6.07, 6.45) is 0. The Hall–Kier alpha value is -0.900. The number of benzene rings is 1. The van der Waals surface area contributed by atoms with Crippen LogP contribution in [0.15, 0.2) is 17.0 Å². The van der Waals surface area contributed by atoms with Gasteiger partial charge in [0.2, 0.25) is 10.0 Å². The fourth-order valence-electron chi connectivity index (χ4n) is 1.31. The van der Waals surface area contributed by atoms with Gasteiger partial charge in [0.1, 0.15) is 4.90 Å². The number of carboxylic acid groups (broad SMARTS) is 1. The average molecular weight is 344 g/mol. The van der Waals surface area contributed by atoms with Crippen LogP contribution in [0.25, 0.3) is 0 Å². The minimum Gasteiger partial charge on any atom is -0.478 e. The fraction of sp³-hybridized carbons (Fsp3) is 0.300. The van der Waals surface area contributed by atoms with E-state index in [0.717, 1.165) is 12.1 Å². The molecule has 0 unspecified atom stereocenters. The zero-order chi connectivity index (χ0) is 15.5. The molecule has 0 bridgehead atoms. The van der Waals surface area contributed by atoms with Gasteiger partial charge in [-0.3, -0.25) is 0 Å². The number of hydrogen-bond donors (Lipinski definition) is 4. The molecule has 0 aliphatic rings. The molecule has 1 rings (SSSR count). The normalized spacial score (nSPS) is 11.8. The monoisotopic (exact) mass is 343 g/mol. The Morgan fingerprint density at radius 3 is 2.20 bits per heavy atom. The summed E-state index contributed by atoms with van der Waals surface area (Å²) in [5.41, 5.74) is -0.430. The van der Waals surface area contributed by atoms with Crippen LogP contribution < -0.4 is 4.72 Å². The molecule has 4 N–H and O–H groups in total. The average Bonchev–Trinajstić information content (AvgIpc) is 2.35. The molecule has 7 nitrogen and oxygen atoms in total. The fourth-order valence-corrected chi connectivity index (χ4v) is 3.39. The van der Waals surface area contributed by atoms with E-state index in [1.165, 1.54) is 0 Å². The molecule has 0 heterocycles. The third-order valence-corrected chi connectivity index (χ3v) is 4.60. The Morgan fingerprint density at radius 2 is 1.75 bits per heavy atom. The maximum Gasteiger partial charge on any atom is 0.337 e. The van der Waals surface area contributed by atoms with Gasteiger partial charge in [-0.25, -0.2) is 17.9 Å².